The molecule has 0 amide bonds. The van der Waals surface area contributed by atoms with Crippen LogP contribution in [0.5, 0.6) is 0 Å². The minimum atomic E-state index is -0.783. The van der Waals surface area contributed by atoms with E-state index in [1.807, 2.05) is 6.92 Å². The first-order chi connectivity index (χ1) is 7.13. The molecule has 0 aliphatic heterocycles. The van der Waals surface area contributed by atoms with Crippen molar-refractivity contribution >= 4 is 11.8 Å². The highest BCUT2D eigenvalue weighted by atomic mass is 32.2. The molecule has 1 unspecified atom stereocenters. The van der Waals surface area contributed by atoms with Gasteiger partial charge in [0.25, 0.3) is 0 Å². The Kier molecular flexibility index (Phi) is 5.05. The predicted molar refractivity (Wildman–Crippen MR) is 58.9 cm³/mol. The second-order valence-electron chi connectivity index (χ2n) is 3.20. The number of thioether (sulfide) groups is 1. The highest BCUT2D eigenvalue weighted by Crippen LogP contribution is 2.20. The molecule has 1 atom stereocenters. The molecule has 0 spiro atoms. The Bertz CT molecular complexity index is 297. The summed E-state index contributed by atoms with van der Waals surface area (Å²) < 4.78 is 25.6. The van der Waals surface area contributed by atoms with E-state index in [2.05, 4.69) is 0 Å². The van der Waals surface area contributed by atoms with E-state index >= 15 is 0 Å². The lowest BCUT2D eigenvalue weighted by molar-refractivity contribution is 0.174. The van der Waals surface area contributed by atoms with Gasteiger partial charge in [0.15, 0.2) is 0 Å². The summed E-state index contributed by atoms with van der Waals surface area (Å²) in [5.74, 6) is 0.472. The van der Waals surface area contributed by atoms with Crippen LogP contribution in [0.25, 0.3) is 0 Å². The number of benzene rings is 1. The third kappa shape index (κ3) is 4.18. The second kappa shape index (κ2) is 6.08. The van der Waals surface area contributed by atoms with E-state index in [0.717, 1.165) is 17.6 Å². The molecule has 0 radical (unpaired) electrons. The number of aliphatic hydroxyl groups is 1. The molecular weight excluding hydrogens is 218 g/mol. The lowest BCUT2D eigenvalue weighted by atomic mass is 10.1. The van der Waals surface area contributed by atoms with E-state index in [0.29, 0.717) is 12.0 Å². The summed E-state index contributed by atoms with van der Waals surface area (Å²) in [6.07, 6.45) is -0.268. The molecule has 1 nitrogen and oxygen atoms in total. The summed E-state index contributed by atoms with van der Waals surface area (Å²) in [5, 5.41) is 9.65. The molecule has 1 N–H and O–H groups in total. The van der Waals surface area contributed by atoms with Gasteiger partial charge in [0.2, 0.25) is 0 Å². The van der Waals surface area contributed by atoms with E-state index in [-0.39, 0.29) is 0 Å². The van der Waals surface area contributed by atoms with Crippen molar-refractivity contribution in [3.63, 3.8) is 0 Å². The van der Waals surface area contributed by atoms with Crippen molar-refractivity contribution in [2.75, 3.05) is 11.5 Å². The molecule has 0 aliphatic carbocycles. The number of hydrogen-bond acceptors (Lipinski definition) is 2. The molecule has 0 heterocycles. The highest BCUT2D eigenvalue weighted by molar-refractivity contribution is 7.99. The van der Waals surface area contributed by atoms with Gasteiger partial charge in [0.1, 0.15) is 11.6 Å². The van der Waals surface area contributed by atoms with Crippen LogP contribution in [0.1, 0.15) is 25.0 Å². The molecule has 0 aliphatic rings. The molecule has 15 heavy (non-hydrogen) atoms. The summed E-state index contributed by atoms with van der Waals surface area (Å²) in [5.41, 5.74) is 0.309. The lowest BCUT2D eigenvalue weighted by Gasteiger charge is -2.10. The molecule has 1 aromatic rings. The zero-order chi connectivity index (χ0) is 11.3. The van der Waals surface area contributed by atoms with Crippen LogP contribution < -0.4 is 0 Å². The first kappa shape index (κ1) is 12.5. The first-order valence-electron chi connectivity index (χ1n) is 4.85. The van der Waals surface area contributed by atoms with Crippen LogP contribution in [0.4, 0.5) is 8.78 Å². The normalized spacial score (nSPS) is 12.8. The second-order valence-corrected chi connectivity index (χ2v) is 4.60. The molecular formula is C11H14F2OS. The summed E-state index contributed by atoms with van der Waals surface area (Å²) in [7, 11) is 0. The van der Waals surface area contributed by atoms with Gasteiger partial charge in [-0.1, -0.05) is 6.92 Å². The quantitative estimate of drug-likeness (QED) is 0.787. The number of aliphatic hydroxyl groups excluding tert-OH is 1. The average Bonchev–Trinajstić information content (AvgIpc) is 2.16. The first-order valence-corrected chi connectivity index (χ1v) is 6.00. The van der Waals surface area contributed by atoms with Crippen molar-refractivity contribution in [1.82, 2.24) is 0 Å². The fraction of sp³-hybridized carbons (Fsp3) is 0.455. The maximum Gasteiger partial charge on any atom is 0.126 e. The highest BCUT2D eigenvalue weighted by Gasteiger charge is 2.09. The number of hydrogen-bond donors (Lipinski definition) is 1. The fourth-order valence-electron chi connectivity index (χ4n) is 1.27. The minimum Gasteiger partial charge on any atom is -0.388 e. The van der Waals surface area contributed by atoms with Crippen molar-refractivity contribution in [1.29, 1.82) is 0 Å². The molecule has 0 aromatic heterocycles. The fourth-order valence-corrected chi connectivity index (χ4v) is 1.95. The summed E-state index contributed by atoms with van der Waals surface area (Å²) in [6.45, 7) is 2.03. The Morgan fingerprint density at radius 3 is 2.40 bits per heavy atom. The van der Waals surface area contributed by atoms with Crippen LogP contribution in [0, 0.1) is 11.6 Å². The summed E-state index contributed by atoms with van der Waals surface area (Å²) in [6, 6.07) is 3.14. The lowest BCUT2D eigenvalue weighted by Crippen LogP contribution is -2.00. The molecule has 0 saturated heterocycles. The van der Waals surface area contributed by atoms with Crippen LogP contribution in [-0.4, -0.2) is 16.6 Å². The largest absolute Gasteiger partial charge is 0.388 e. The summed E-state index contributed by atoms with van der Waals surface area (Å²) >= 11 is 1.69. The van der Waals surface area contributed by atoms with Crippen LogP contribution >= 0.6 is 11.8 Å². The SMILES string of the molecule is CCSCCC(O)c1cc(F)cc(F)c1. The van der Waals surface area contributed by atoms with Crippen molar-refractivity contribution in [3.8, 4) is 0 Å². The van der Waals surface area contributed by atoms with Crippen molar-refractivity contribution in [3.05, 3.63) is 35.4 Å². The third-order valence-electron chi connectivity index (χ3n) is 2.01. The Hall–Kier alpha value is -0.610. The zero-order valence-corrected chi connectivity index (χ0v) is 9.36. The van der Waals surface area contributed by atoms with Gasteiger partial charge < -0.3 is 5.11 Å². The van der Waals surface area contributed by atoms with Crippen LogP contribution in [0.15, 0.2) is 18.2 Å². The molecule has 4 heteroatoms. The maximum atomic E-state index is 12.8. The van der Waals surface area contributed by atoms with Crippen LogP contribution in [0.2, 0.25) is 0 Å². The number of rotatable bonds is 5. The van der Waals surface area contributed by atoms with Gasteiger partial charge in [-0.05, 0) is 35.6 Å². The average molecular weight is 232 g/mol. The van der Waals surface area contributed by atoms with Crippen molar-refractivity contribution in [2.45, 2.75) is 19.4 Å². The van der Waals surface area contributed by atoms with E-state index < -0.39 is 17.7 Å². The minimum absolute atomic E-state index is 0.309. The number of halogens is 2. The van der Waals surface area contributed by atoms with E-state index in [1.54, 1.807) is 11.8 Å². The Labute approximate surface area is 92.5 Å². The van der Waals surface area contributed by atoms with Gasteiger partial charge in [0, 0.05) is 6.07 Å². The van der Waals surface area contributed by atoms with Crippen molar-refractivity contribution < 1.29 is 13.9 Å². The molecule has 0 fully saturated rings. The van der Waals surface area contributed by atoms with Crippen LogP contribution in [0.3, 0.4) is 0 Å². The monoisotopic (exact) mass is 232 g/mol. The Morgan fingerprint density at radius 2 is 1.87 bits per heavy atom. The topological polar surface area (TPSA) is 20.2 Å². The molecule has 1 rings (SSSR count). The van der Waals surface area contributed by atoms with Gasteiger partial charge >= 0.3 is 0 Å². The third-order valence-corrected chi connectivity index (χ3v) is 2.94. The predicted octanol–water partition coefficient (Wildman–Crippen LogP) is 3.14. The molecule has 1 aromatic carbocycles. The van der Waals surface area contributed by atoms with Gasteiger partial charge in [-0.25, -0.2) is 8.78 Å². The maximum absolute atomic E-state index is 12.8. The van der Waals surface area contributed by atoms with Gasteiger partial charge in [-0.15, -0.1) is 0 Å². The zero-order valence-electron chi connectivity index (χ0n) is 8.54. The molecule has 84 valence electrons. The van der Waals surface area contributed by atoms with Crippen LogP contribution in [-0.2, 0) is 0 Å². The van der Waals surface area contributed by atoms with E-state index in [4.69, 9.17) is 0 Å². The Morgan fingerprint density at radius 1 is 1.27 bits per heavy atom. The van der Waals surface area contributed by atoms with E-state index in [9.17, 15) is 13.9 Å². The van der Waals surface area contributed by atoms with Gasteiger partial charge in [-0.2, -0.15) is 11.8 Å². The van der Waals surface area contributed by atoms with Gasteiger partial charge in [0.05, 0.1) is 6.10 Å². The molecule has 0 bridgehead atoms. The van der Waals surface area contributed by atoms with Crippen molar-refractivity contribution in [2.24, 2.45) is 0 Å². The Balaban J connectivity index is 2.60. The standard InChI is InChI=1S/C11H14F2OS/c1-2-15-4-3-11(14)8-5-9(12)7-10(13)6-8/h5-7,11,14H,2-4H2,1H3. The molecule has 0 saturated carbocycles. The van der Waals surface area contributed by atoms with Gasteiger partial charge in [-0.3, -0.25) is 0 Å². The summed E-state index contributed by atoms with van der Waals surface area (Å²) in [4.78, 5) is 0. The van der Waals surface area contributed by atoms with E-state index in [1.165, 1.54) is 12.1 Å². The smallest absolute Gasteiger partial charge is 0.126 e.